The summed E-state index contributed by atoms with van der Waals surface area (Å²) in [4.78, 5) is 40.2. The summed E-state index contributed by atoms with van der Waals surface area (Å²) < 4.78 is 94.6. The van der Waals surface area contributed by atoms with Crippen LogP contribution in [0.15, 0.2) is 40.9 Å². The molecule has 0 N–H and O–H groups in total. The highest BCUT2D eigenvalue weighted by molar-refractivity contribution is 5.90. The van der Waals surface area contributed by atoms with Crippen molar-refractivity contribution in [2.75, 3.05) is 14.2 Å². The Hall–Kier alpha value is -4.23. The fourth-order valence-electron chi connectivity index (χ4n) is 5.43. The molecular weight excluding hydrogens is 574 g/mol. The van der Waals surface area contributed by atoms with Crippen LogP contribution in [0.4, 0.5) is 26.3 Å². The average Bonchev–Trinajstić information content (AvgIpc) is 3.40. The van der Waals surface area contributed by atoms with Gasteiger partial charge in [0.25, 0.3) is 0 Å². The molecule has 1 atom stereocenters. The van der Waals surface area contributed by atoms with Gasteiger partial charge in [0.05, 0.1) is 30.8 Å². The molecule has 1 aliphatic rings. The molecular formula is C28H24F6N2O6. The van der Waals surface area contributed by atoms with Crippen LogP contribution >= 0.6 is 0 Å². The third kappa shape index (κ3) is 5.74. The zero-order chi connectivity index (χ0) is 31.0. The number of halogens is 6. The van der Waals surface area contributed by atoms with Crippen molar-refractivity contribution in [3.63, 3.8) is 0 Å². The van der Waals surface area contributed by atoms with Crippen LogP contribution in [-0.2, 0) is 38.7 Å². The Labute approximate surface area is 235 Å². The molecule has 0 saturated carbocycles. The number of Topliss-reactive ketones (excluding diaryl/α,β-unsaturated/α-hetero) is 1. The number of ketones is 1. The van der Waals surface area contributed by atoms with Crippen LogP contribution in [0.2, 0.25) is 0 Å². The zero-order valence-corrected chi connectivity index (χ0v) is 22.5. The normalized spacial score (nSPS) is 15.2. The minimum absolute atomic E-state index is 0.121. The number of aryl methyl sites for hydroxylation is 2. The summed E-state index contributed by atoms with van der Waals surface area (Å²) in [7, 11) is 2.33. The molecule has 1 aliphatic carbocycles. The third-order valence-electron chi connectivity index (χ3n) is 7.19. The summed E-state index contributed by atoms with van der Waals surface area (Å²) in [6.45, 7) is 1.35. The van der Waals surface area contributed by atoms with Gasteiger partial charge in [0.15, 0.2) is 5.82 Å². The fourth-order valence-corrected chi connectivity index (χ4v) is 5.43. The summed E-state index contributed by atoms with van der Waals surface area (Å²) >= 11 is 0. The highest BCUT2D eigenvalue weighted by Gasteiger charge is 2.49. The maximum atomic E-state index is 13.6. The molecule has 8 nitrogen and oxygen atoms in total. The lowest BCUT2D eigenvalue weighted by molar-refractivity contribution is -0.172. The van der Waals surface area contributed by atoms with Crippen LogP contribution in [-0.4, -0.2) is 48.3 Å². The number of nitrogens with zero attached hydrogens (tertiary/aromatic N) is 2. The van der Waals surface area contributed by atoms with Crippen molar-refractivity contribution in [1.29, 1.82) is 0 Å². The molecule has 4 rings (SSSR count). The standard InChI is InChI=1S/C28H24F6N2O6/c1-14(10-21(37)27(29,30)31)13-26(24-35-25(42-36-24)28(32,33)34)19-8-6-17(22(38)40-2)11-15(19)4-5-16-12-18(23(39)41-3)7-9-20(16)26/h6-9,11-12,14H,4-5,10,13H2,1-3H3/t14-/m1/s1. The molecule has 1 aromatic heterocycles. The molecule has 14 heteroatoms. The molecule has 224 valence electrons. The van der Waals surface area contributed by atoms with E-state index in [4.69, 9.17) is 9.47 Å². The van der Waals surface area contributed by atoms with Crippen molar-refractivity contribution < 1.29 is 54.7 Å². The minimum atomic E-state index is -5.12. The summed E-state index contributed by atoms with van der Waals surface area (Å²) in [5.74, 6) is -6.65. The second kappa shape index (κ2) is 11.2. The number of hydrogen-bond acceptors (Lipinski definition) is 8. The first kappa shape index (κ1) is 30.7. The van der Waals surface area contributed by atoms with Gasteiger partial charge in [0.1, 0.15) is 0 Å². The van der Waals surface area contributed by atoms with Crippen molar-refractivity contribution >= 4 is 17.7 Å². The minimum Gasteiger partial charge on any atom is -0.465 e. The van der Waals surface area contributed by atoms with Gasteiger partial charge in [0, 0.05) is 6.42 Å². The van der Waals surface area contributed by atoms with Gasteiger partial charge in [-0.15, -0.1) is 0 Å². The second-order valence-electron chi connectivity index (χ2n) is 9.99. The van der Waals surface area contributed by atoms with E-state index >= 15 is 0 Å². The van der Waals surface area contributed by atoms with Crippen molar-refractivity contribution in [2.45, 2.75) is 50.4 Å². The predicted molar refractivity (Wildman–Crippen MR) is 132 cm³/mol. The van der Waals surface area contributed by atoms with Gasteiger partial charge in [-0.05, 0) is 71.7 Å². The van der Waals surface area contributed by atoms with E-state index in [0.717, 1.165) is 0 Å². The Kier molecular flexibility index (Phi) is 8.20. The molecule has 0 fully saturated rings. The number of methoxy groups -OCH3 is 2. The summed E-state index contributed by atoms with van der Waals surface area (Å²) in [5.41, 5.74) is -0.0709. The SMILES string of the molecule is COC(=O)c1ccc2c(c1)CCc1cc(C(=O)OC)ccc1C2(C[C@H](C)CC(=O)C(F)(F)F)c1noc(C(F)(F)F)n1. The van der Waals surface area contributed by atoms with E-state index in [-0.39, 0.29) is 30.4 Å². The number of carbonyl (C=O) groups is 3. The first-order chi connectivity index (χ1) is 19.6. The Balaban J connectivity index is 2.04. The van der Waals surface area contributed by atoms with E-state index in [9.17, 15) is 40.7 Å². The molecule has 0 bridgehead atoms. The number of carbonyl (C=O) groups excluding carboxylic acids is 3. The zero-order valence-electron chi connectivity index (χ0n) is 22.5. The number of benzene rings is 2. The molecule has 0 spiro atoms. The Morgan fingerprint density at radius 2 is 1.40 bits per heavy atom. The van der Waals surface area contributed by atoms with E-state index in [1.165, 1.54) is 57.5 Å². The highest BCUT2D eigenvalue weighted by Crippen LogP contribution is 2.49. The first-order valence-corrected chi connectivity index (χ1v) is 12.6. The number of aromatic nitrogens is 2. The van der Waals surface area contributed by atoms with Gasteiger partial charge < -0.3 is 14.0 Å². The molecule has 0 saturated heterocycles. The number of fused-ring (bicyclic) bond motifs is 2. The maximum absolute atomic E-state index is 13.6. The Morgan fingerprint density at radius 1 is 0.905 bits per heavy atom. The maximum Gasteiger partial charge on any atom is 0.471 e. The lowest BCUT2D eigenvalue weighted by atomic mass is 9.66. The summed E-state index contributed by atoms with van der Waals surface area (Å²) in [6.07, 6.45) is -11.1. The van der Waals surface area contributed by atoms with Gasteiger partial charge >= 0.3 is 30.2 Å². The van der Waals surface area contributed by atoms with Crippen molar-refractivity contribution in [1.82, 2.24) is 10.1 Å². The summed E-state index contributed by atoms with van der Waals surface area (Å²) in [5, 5.41) is 3.65. The number of ether oxygens (including phenoxy) is 2. The molecule has 1 heterocycles. The van der Waals surface area contributed by atoms with Gasteiger partial charge in [-0.1, -0.05) is 24.2 Å². The number of esters is 2. The average molecular weight is 598 g/mol. The van der Waals surface area contributed by atoms with E-state index in [1.54, 1.807) is 0 Å². The van der Waals surface area contributed by atoms with Crippen molar-refractivity contribution in [2.24, 2.45) is 5.92 Å². The van der Waals surface area contributed by atoms with Gasteiger partial charge in [-0.2, -0.15) is 31.3 Å². The van der Waals surface area contributed by atoms with Crippen LogP contribution in [0.3, 0.4) is 0 Å². The van der Waals surface area contributed by atoms with E-state index in [2.05, 4.69) is 14.7 Å². The van der Waals surface area contributed by atoms with Gasteiger partial charge in [0.2, 0.25) is 5.78 Å². The molecule has 0 amide bonds. The summed E-state index contributed by atoms with van der Waals surface area (Å²) in [6, 6.07) is 8.57. The topological polar surface area (TPSA) is 109 Å². The Morgan fingerprint density at radius 3 is 1.81 bits per heavy atom. The largest absolute Gasteiger partial charge is 0.471 e. The number of rotatable bonds is 7. The molecule has 42 heavy (non-hydrogen) atoms. The molecule has 0 unspecified atom stereocenters. The van der Waals surface area contributed by atoms with E-state index in [1.807, 2.05) is 0 Å². The number of hydrogen-bond donors (Lipinski definition) is 0. The second-order valence-corrected chi connectivity index (χ2v) is 9.99. The number of alkyl halides is 6. The van der Waals surface area contributed by atoms with Crippen LogP contribution < -0.4 is 0 Å². The first-order valence-electron chi connectivity index (χ1n) is 12.6. The van der Waals surface area contributed by atoms with Crippen LogP contribution in [0.25, 0.3) is 0 Å². The van der Waals surface area contributed by atoms with Crippen LogP contribution in [0.5, 0.6) is 0 Å². The van der Waals surface area contributed by atoms with E-state index in [0.29, 0.717) is 22.3 Å². The van der Waals surface area contributed by atoms with Crippen molar-refractivity contribution in [3.8, 4) is 0 Å². The predicted octanol–water partition coefficient (Wildman–Crippen LogP) is 5.64. The lowest BCUT2D eigenvalue weighted by Gasteiger charge is -2.36. The fraction of sp³-hybridized carbons (Fsp3) is 0.393. The van der Waals surface area contributed by atoms with Gasteiger partial charge in [-0.25, -0.2) is 9.59 Å². The lowest BCUT2D eigenvalue weighted by Crippen LogP contribution is -2.36. The molecule has 3 aromatic rings. The van der Waals surface area contributed by atoms with Crippen molar-refractivity contribution in [3.05, 3.63) is 81.5 Å². The molecule has 2 aromatic carbocycles. The monoisotopic (exact) mass is 598 g/mol. The third-order valence-corrected chi connectivity index (χ3v) is 7.19. The molecule has 0 aliphatic heterocycles. The molecule has 0 radical (unpaired) electrons. The smallest absolute Gasteiger partial charge is 0.465 e. The van der Waals surface area contributed by atoms with E-state index < -0.39 is 59.5 Å². The highest BCUT2D eigenvalue weighted by atomic mass is 19.4. The van der Waals surface area contributed by atoms with Crippen LogP contribution in [0.1, 0.15) is 74.5 Å². The quantitative estimate of drug-likeness (QED) is 0.254. The Bertz CT molecular complexity index is 1460. The van der Waals surface area contributed by atoms with Gasteiger partial charge in [-0.3, -0.25) is 4.79 Å². The van der Waals surface area contributed by atoms with Crippen LogP contribution in [0, 0.1) is 5.92 Å².